The van der Waals surface area contributed by atoms with Gasteiger partial charge in [-0.3, -0.25) is 9.59 Å². The molecule has 6 nitrogen and oxygen atoms in total. The van der Waals surface area contributed by atoms with Crippen LogP contribution in [0.1, 0.15) is 80.1 Å². The van der Waals surface area contributed by atoms with Crippen molar-refractivity contribution in [2.75, 3.05) is 20.8 Å². The summed E-state index contributed by atoms with van der Waals surface area (Å²) in [5.41, 5.74) is 0.835. The van der Waals surface area contributed by atoms with Crippen LogP contribution in [0.3, 0.4) is 0 Å². The lowest BCUT2D eigenvalue weighted by Gasteiger charge is -2.19. The van der Waals surface area contributed by atoms with Crippen molar-refractivity contribution in [1.82, 2.24) is 0 Å². The summed E-state index contributed by atoms with van der Waals surface area (Å²) < 4.78 is 24.6. The minimum absolute atomic E-state index is 0.246. The summed E-state index contributed by atoms with van der Waals surface area (Å²) in [5.74, 6) is -1.28. The fraction of sp³-hybridized carbons (Fsp3) is 0.481. The van der Waals surface area contributed by atoms with Gasteiger partial charge in [-0.25, -0.2) is 0 Å². The number of unbranched alkanes of at least 4 members (excludes halogenated alkanes) is 7. The average Bonchev–Trinajstić information content (AvgIpc) is 2.89. The highest BCUT2D eigenvalue weighted by Crippen LogP contribution is 2.34. The Morgan fingerprint density at radius 2 is 1.29 bits per heavy atom. The molecular formula is C27H39O6P. The van der Waals surface area contributed by atoms with Crippen molar-refractivity contribution >= 4 is 20.9 Å². The normalized spacial score (nSPS) is 11.1. The smallest absolute Gasteiger partial charge is 0.321 e. The zero-order chi connectivity index (χ0) is 25.2. The van der Waals surface area contributed by atoms with Gasteiger partial charge in [0.2, 0.25) is 0 Å². The number of ketones is 1. The molecule has 0 aliphatic carbocycles. The molecule has 0 spiro atoms. The molecule has 7 heteroatoms. The van der Waals surface area contributed by atoms with E-state index in [4.69, 9.17) is 18.8 Å². The summed E-state index contributed by atoms with van der Waals surface area (Å²) in [6.07, 6.45) is 9.27. The van der Waals surface area contributed by atoms with E-state index < -0.39 is 17.7 Å². The molecule has 0 aliphatic rings. The second-order valence-electron chi connectivity index (χ2n) is 7.89. The highest BCUT2D eigenvalue weighted by Gasteiger charge is 2.34. The van der Waals surface area contributed by atoms with Crippen LogP contribution in [-0.4, -0.2) is 32.6 Å². The van der Waals surface area contributed by atoms with Crippen LogP contribution in [-0.2, 0) is 14.1 Å². The van der Waals surface area contributed by atoms with Gasteiger partial charge in [0.1, 0.15) is 23.0 Å². The van der Waals surface area contributed by atoms with E-state index in [2.05, 4.69) is 6.92 Å². The molecule has 0 aliphatic heterocycles. The molecule has 34 heavy (non-hydrogen) atoms. The molecule has 0 amide bonds. The Bertz CT molecular complexity index is 833. The molecule has 2 rings (SSSR count). The zero-order valence-corrected chi connectivity index (χ0v) is 22.1. The molecule has 0 aromatic heterocycles. The summed E-state index contributed by atoms with van der Waals surface area (Å²) in [5, 5.41) is 0. The fourth-order valence-corrected chi connectivity index (χ4v) is 3.77. The molecule has 188 valence electrons. The van der Waals surface area contributed by atoms with E-state index in [1.807, 2.05) is 6.07 Å². The van der Waals surface area contributed by atoms with Crippen LogP contribution in [0.2, 0.25) is 0 Å². The number of esters is 1. The number of hydrogen-bond acceptors (Lipinski definition) is 6. The van der Waals surface area contributed by atoms with Gasteiger partial charge >= 0.3 is 5.97 Å². The molecular weight excluding hydrogens is 451 g/mol. The van der Waals surface area contributed by atoms with Crippen molar-refractivity contribution in [3.05, 3.63) is 59.7 Å². The monoisotopic (exact) mass is 490 g/mol. The van der Waals surface area contributed by atoms with E-state index >= 15 is 0 Å². The number of methoxy groups -OCH3 is 2. The quantitative estimate of drug-likeness (QED) is 0.0959. The summed E-state index contributed by atoms with van der Waals surface area (Å²) >= 11 is 0. The molecule has 0 heterocycles. The Hall–Kier alpha value is -2.59. The standard InChI is InChI=1S/C27H36O5.H3OP/c1-4-5-6-7-8-9-10-14-20-32-27(29)24(21-16-12-11-13-17-21)26(28)25-22(30-2)18-15-19-23(25)31-3;1-2/h11-13,15-19,24H,4-10,14,20H2,1-3H3;2H3. The maximum absolute atomic E-state index is 13.5. The van der Waals surface area contributed by atoms with Crippen LogP contribution in [0.25, 0.3) is 0 Å². The second kappa shape index (κ2) is 17.8. The van der Waals surface area contributed by atoms with Crippen molar-refractivity contribution in [2.24, 2.45) is 0 Å². The highest BCUT2D eigenvalue weighted by atomic mass is 31.0. The topological polar surface area (TPSA) is 78.9 Å². The number of hydrogen-bond donors (Lipinski definition) is 0. The number of Topliss-reactive ketones (excluding diaryl/α,β-unsaturated/α-hetero) is 1. The third-order valence-corrected chi connectivity index (χ3v) is 5.55. The van der Waals surface area contributed by atoms with Crippen LogP contribution in [0.4, 0.5) is 0 Å². The Labute approximate surface area is 205 Å². The minimum Gasteiger partial charge on any atom is -0.496 e. The van der Waals surface area contributed by atoms with E-state index in [1.165, 1.54) is 46.3 Å². The molecule has 0 N–H and O–H groups in total. The van der Waals surface area contributed by atoms with E-state index in [0.717, 1.165) is 19.3 Å². The SMILES string of the molecule is CCCCCCCCCCOC(=O)C(C(=O)c1c(OC)cccc1OC)c1ccccc1.O=[PH3]. The summed E-state index contributed by atoms with van der Waals surface area (Å²) in [7, 11) is 3.59. The summed E-state index contributed by atoms with van der Waals surface area (Å²) in [6, 6.07) is 14.1. The number of carbonyl (C=O) groups is 2. The molecule has 0 saturated carbocycles. The van der Waals surface area contributed by atoms with E-state index in [1.54, 1.807) is 42.5 Å². The lowest BCUT2D eigenvalue weighted by molar-refractivity contribution is -0.144. The minimum atomic E-state index is -1.07. The van der Waals surface area contributed by atoms with E-state index in [0.29, 0.717) is 32.8 Å². The molecule has 2 aromatic carbocycles. The van der Waals surface area contributed by atoms with Gasteiger partial charge in [0.15, 0.2) is 5.78 Å². The maximum atomic E-state index is 13.5. The Balaban J connectivity index is 0.00000281. The highest BCUT2D eigenvalue weighted by molar-refractivity contribution is 7.00. The van der Waals surface area contributed by atoms with E-state index in [9.17, 15) is 9.59 Å². The molecule has 0 saturated heterocycles. The molecule has 0 radical (unpaired) electrons. The number of rotatable bonds is 15. The lowest BCUT2D eigenvalue weighted by Crippen LogP contribution is -2.25. The van der Waals surface area contributed by atoms with Crippen molar-refractivity contribution < 1.29 is 28.4 Å². The van der Waals surface area contributed by atoms with Gasteiger partial charge in [-0.2, -0.15) is 0 Å². The first-order valence-corrected chi connectivity index (χ1v) is 12.5. The molecule has 2 atom stereocenters. The molecule has 0 bridgehead atoms. The van der Waals surface area contributed by atoms with Crippen LogP contribution in [0.15, 0.2) is 48.5 Å². The summed E-state index contributed by atoms with van der Waals surface area (Å²) in [6.45, 7) is 2.53. The van der Waals surface area contributed by atoms with Crippen LogP contribution in [0.5, 0.6) is 11.5 Å². The first-order chi connectivity index (χ1) is 16.6. The largest absolute Gasteiger partial charge is 0.496 e. The Morgan fingerprint density at radius 1 is 0.765 bits per heavy atom. The maximum Gasteiger partial charge on any atom is 0.321 e. The van der Waals surface area contributed by atoms with Gasteiger partial charge in [-0.15, -0.1) is 0 Å². The third kappa shape index (κ3) is 9.34. The first kappa shape index (κ1) is 29.4. The number of ether oxygens (including phenoxy) is 3. The Kier molecular flexibility index (Phi) is 15.4. The number of benzene rings is 2. The van der Waals surface area contributed by atoms with Gasteiger partial charge in [0.25, 0.3) is 0 Å². The van der Waals surface area contributed by atoms with Crippen LogP contribution < -0.4 is 9.47 Å². The predicted octanol–water partition coefficient (Wildman–Crippen LogP) is 6.29. The van der Waals surface area contributed by atoms with Gasteiger partial charge in [-0.05, 0) is 24.1 Å². The van der Waals surface area contributed by atoms with Crippen molar-refractivity contribution in [2.45, 2.75) is 64.2 Å². The predicted molar refractivity (Wildman–Crippen MR) is 138 cm³/mol. The average molecular weight is 491 g/mol. The van der Waals surface area contributed by atoms with Gasteiger partial charge < -0.3 is 18.8 Å². The molecule has 2 unspecified atom stereocenters. The lowest BCUT2D eigenvalue weighted by atomic mass is 9.89. The summed E-state index contributed by atoms with van der Waals surface area (Å²) in [4.78, 5) is 26.6. The van der Waals surface area contributed by atoms with Crippen LogP contribution >= 0.6 is 9.12 Å². The molecule has 0 fully saturated rings. The Morgan fingerprint density at radius 3 is 1.82 bits per heavy atom. The zero-order valence-electron chi connectivity index (χ0n) is 20.7. The van der Waals surface area contributed by atoms with Crippen molar-refractivity contribution in [1.29, 1.82) is 0 Å². The van der Waals surface area contributed by atoms with Crippen LogP contribution in [0, 0.1) is 0 Å². The van der Waals surface area contributed by atoms with Crippen molar-refractivity contribution in [3.8, 4) is 11.5 Å². The molecule has 2 aromatic rings. The van der Waals surface area contributed by atoms with Gasteiger partial charge in [-0.1, -0.05) is 88.3 Å². The third-order valence-electron chi connectivity index (χ3n) is 5.55. The second-order valence-corrected chi connectivity index (χ2v) is 7.89. The van der Waals surface area contributed by atoms with Gasteiger partial charge in [0, 0.05) is 0 Å². The first-order valence-electron chi connectivity index (χ1n) is 11.9. The van der Waals surface area contributed by atoms with Gasteiger partial charge in [0.05, 0.1) is 29.9 Å². The van der Waals surface area contributed by atoms with E-state index in [-0.39, 0.29) is 5.56 Å². The van der Waals surface area contributed by atoms with Crippen molar-refractivity contribution in [3.63, 3.8) is 0 Å². The fourth-order valence-electron chi connectivity index (χ4n) is 3.77. The number of carbonyl (C=O) groups excluding carboxylic acids is 2.